The molecule has 2 N–H and O–H groups in total. The number of aliphatic carboxylic acids is 1. The Morgan fingerprint density at radius 2 is 1.63 bits per heavy atom. The van der Waals surface area contributed by atoms with Crippen molar-refractivity contribution >= 4 is 46.7 Å². The highest BCUT2D eigenvalue weighted by Gasteiger charge is 2.52. The minimum absolute atomic E-state index is 0.137. The van der Waals surface area contributed by atoms with Crippen LogP contribution < -0.4 is 5.32 Å². The SMILES string of the molecule is CC(C)CC(c1ccc(C(=O)NC(C)CC(=O)O)cc1)N1C(=O)C(c2cc(Cl)cc(Cl)c2)=NC12CCC(C(C)(C)C)CC2. The molecule has 1 heterocycles. The van der Waals surface area contributed by atoms with E-state index in [-0.39, 0.29) is 35.6 Å². The maximum absolute atomic E-state index is 14.5. The summed E-state index contributed by atoms with van der Waals surface area (Å²) in [5.74, 6) is -0.631. The molecule has 1 spiro atoms. The van der Waals surface area contributed by atoms with Gasteiger partial charge >= 0.3 is 5.97 Å². The number of carboxylic acid groups (broad SMARTS) is 1. The van der Waals surface area contributed by atoms with Gasteiger partial charge in [0.15, 0.2) is 0 Å². The minimum atomic E-state index is -0.970. The van der Waals surface area contributed by atoms with Gasteiger partial charge in [-0.15, -0.1) is 0 Å². The molecule has 4 rings (SSSR count). The van der Waals surface area contributed by atoms with Crippen LogP contribution in [0.2, 0.25) is 10.0 Å². The molecule has 1 fully saturated rings. The van der Waals surface area contributed by atoms with Crippen LogP contribution in [0.3, 0.4) is 0 Å². The fourth-order valence-corrected chi connectivity index (χ4v) is 7.06. The molecule has 0 saturated heterocycles. The van der Waals surface area contributed by atoms with Crippen LogP contribution in [0.25, 0.3) is 0 Å². The topological polar surface area (TPSA) is 99.1 Å². The molecule has 2 atom stereocenters. The summed E-state index contributed by atoms with van der Waals surface area (Å²) in [6.07, 6.45) is 4.00. The summed E-state index contributed by atoms with van der Waals surface area (Å²) in [5, 5.41) is 12.7. The Morgan fingerprint density at radius 1 is 1.05 bits per heavy atom. The van der Waals surface area contributed by atoms with Gasteiger partial charge in [0.2, 0.25) is 0 Å². The van der Waals surface area contributed by atoms with E-state index in [4.69, 9.17) is 33.3 Å². The molecule has 232 valence electrons. The van der Waals surface area contributed by atoms with E-state index in [9.17, 15) is 14.4 Å². The van der Waals surface area contributed by atoms with Gasteiger partial charge in [0.25, 0.3) is 11.8 Å². The molecular formula is C34H43Cl2N3O4. The van der Waals surface area contributed by atoms with E-state index < -0.39 is 17.7 Å². The highest BCUT2D eigenvalue weighted by molar-refractivity contribution is 6.47. The Labute approximate surface area is 265 Å². The average molecular weight is 629 g/mol. The number of hydrogen-bond acceptors (Lipinski definition) is 4. The fourth-order valence-electron chi connectivity index (χ4n) is 6.54. The number of carboxylic acids is 1. The number of halogens is 2. The molecule has 2 unspecified atom stereocenters. The summed E-state index contributed by atoms with van der Waals surface area (Å²) in [6, 6.07) is 11.7. The van der Waals surface area contributed by atoms with Crippen molar-refractivity contribution in [3.63, 3.8) is 0 Å². The Morgan fingerprint density at radius 3 is 2.14 bits per heavy atom. The predicted molar refractivity (Wildman–Crippen MR) is 172 cm³/mol. The van der Waals surface area contributed by atoms with Crippen LogP contribution in [0.4, 0.5) is 0 Å². The van der Waals surface area contributed by atoms with Gasteiger partial charge in [-0.2, -0.15) is 0 Å². The van der Waals surface area contributed by atoms with Gasteiger partial charge in [0, 0.05) is 27.2 Å². The lowest BCUT2D eigenvalue weighted by atomic mass is 9.69. The Hall–Kier alpha value is -2.90. The third kappa shape index (κ3) is 7.61. The standard InChI is InChI=1S/C34H43Cl2N3O4/c1-20(2)15-28(22-7-9-23(10-8-22)31(42)37-21(3)16-29(40)41)39-32(43)30(24-17-26(35)19-27(36)18-24)38-34(39)13-11-25(12-14-34)33(4,5)6/h7-10,17-21,25,28H,11-16H2,1-6H3,(H,37,42)(H,40,41). The lowest BCUT2D eigenvalue weighted by molar-refractivity contribution is -0.137. The monoisotopic (exact) mass is 627 g/mol. The number of carbonyl (C=O) groups is 3. The van der Waals surface area contributed by atoms with Gasteiger partial charge in [-0.1, -0.05) is 70.0 Å². The van der Waals surface area contributed by atoms with Crippen molar-refractivity contribution in [3.8, 4) is 0 Å². The molecule has 0 bridgehead atoms. The van der Waals surface area contributed by atoms with Crippen LogP contribution in [0, 0.1) is 17.3 Å². The smallest absolute Gasteiger partial charge is 0.305 e. The summed E-state index contributed by atoms with van der Waals surface area (Å²) in [5.41, 5.74) is 1.84. The van der Waals surface area contributed by atoms with Crippen molar-refractivity contribution in [2.75, 3.05) is 0 Å². The van der Waals surface area contributed by atoms with Crippen molar-refractivity contribution in [2.24, 2.45) is 22.2 Å². The van der Waals surface area contributed by atoms with Gasteiger partial charge < -0.3 is 15.3 Å². The van der Waals surface area contributed by atoms with Crippen molar-refractivity contribution in [1.82, 2.24) is 10.2 Å². The molecule has 2 aromatic rings. The second kappa shape index (κ2) is 13.0. The zero-order chi connectivity index (χ0) is 31.7. The van der Waals surface area contributed by atoms with Gasteiger partial charge in [0.1, 0.15) is 11.4 Å². The summed E-state index contributed by atoms with van der Waals surface area (Å²) < 4.78 is 0. The molecule has 1 aliphatic carbocycles. The number of amides is 2. The first-order chi connectivity index (χ1) is 20.1. The lowest BCUT2D eigenvalue weighted by Crippen LogP contribution is -2.51. The van der Waals surface area contributed by atoms with E-state index >= 15 is 0 Å². The van der Waals surface area contributed by atoms with Crippen LogP contribution in [0.15, 0.2) is 47.5 Å². The van der Waals surface area contributed by atoms with Crippen molar-refractivity contribution in [2.45, 2.75) is 97.8 Å². The van der Waals surface area contributed by atoms with E-state index in [1.165, 1.54) is 0 Å². The number of benzene rings is 2. The molecule has 9 heteroatoms. The number of hydrogen-bond donors (Lipinski definition) is 2. The van der Waals surface area contributed by atoms with E-state index in [0.29, 0.717) is 32.8 Å². The maximum Gasteiger partial charge on any atom is 0.305 e. The summed E-state index contributed by atoms with van der Waals surface area (Å²) in [7, 11) is 0. The normalized spacial score (nSPS) is 22.1. The molecule has 7 nitrogen and oxygen atoms in total. The van der Waals surface area contributed by atoms with Crippen LogP contribution >= 0.6 is 23.2 Å². The summed E-state index contributed by atoms with van der Waals surface area (Å²) in [4.78, 5) is 45.5. The first-order valence-corrected chi connectivity index (χ1v) is 15.9. The molecule has 2 amide bonds. The minimum Gasteiger partial charge on any atom is -0.481 e. The fraction of sp³-hybridized carbons (Fsp3) is 0.529. The largest absolute Gasteiger partial charge is 0.481 e. The maximum atomic E-state index is 14.5. The average Bonchev–Trinajstić information content (AvgIpc) is 3.17. The van der Waals surface area contributed by atoms with Crippen LogP contribution in [-0.4, -0.2) is 45.2 Å². The number of carbonyl (C=O) groups excluding carboxylic acids is 2. The van der Waals surface area contributed by atoms with E-state index in [0.717, 1.165) is 37.7 Å². The molecule has 1 saturated carbocycles. The number of nitrogens with zero attached hydrogens (tertiary/aromatic N) is 2. The third-order valence-electron chi connectivity index (χ3n) is 8.76. The van der Waals surface area contributed by atoms with Gasteiger partial charge in [-0.3, -0.25) is 19.4 Å². The van der Waals surface area contributed by atoms with Crippen molar-refractivity contribution in [3.05, 3.63) is 69.2 Å². The van der Waals surface area contributed by atoms with Crippen molar-refractivity contribution < 1.29 is 19.5 Å². The first-order valence-electron chi connectivity index (χ1n) is 15.1. The van der Waals surface area contributed by atoms with Crippen LogP contribution in [0.1, 0.15) is 108 Å². The Balaban J connectivity index is 1.72. The Bertz CT molecular complexity index is 1370. The molecule has 0 radical (unpaired) electrons. The molecule has 1 aliphatic heterocycles. The highest BCUT2D eigenvalue weighted by Crippen LogP contribution is 2.50. The lowest BCUT2D eigenvalue weighted by Gasteiger charge is -2.47. The van der Waals surface area contributed by atoms with Gasteiger partial charge in [0.05, 0.1) is 12.5 Å². The highest BCUT2D eigenvalue weighted by atomic mass is 35.5. The molecular weight excluding hydrogens is 585 g/mol. The van der Waals surface area contributed by atoms with Crippen LogP contribution in [-0.2, 0) is 9.59 Å². The van der Waals surface area contributed by atoms with Crippen LogP contribution in [0.5, 0.6) is 0 Å². The quantitative estimate of drug-likeness (QED) is 0.295. The van der Waals surface area contributed by atoms with E-state index in [2.05, 4.69) is 39.9 Å². The zero-order valence-corrected chi connectivity index (χ0v) is 27.4. The summed E-state index contributed by atoms with van der Waals surface area (Å²) >= 11 is 12.7. The number of rotatable bonds is 9. The van der Waals surface area contributed by atoms with Gasteiger partial charge in [-0.05, 0) is 92.2 Å². The molecule has 2 aromatic carbocycles. The second-order valence-electron chi connectivity index (χ2n) is 13.7. The number of nitrogens with one attached hydrogen (secondary N) is 1. The number of aliphatic imine (C=N–C) groups is 1. The van der Waals surface area contributed by atoms with E-state index in [1.54, 1.807) is 37.3 Å². The molecule has 0 aromatic heterocycles. The van der Waals surface area contributed by atoms with Gasteiger partial charge in [-0.25, -0.2) is 0 Å². The first kappa shape index (κ1) is 33.0. The third-order valence-corrected chi connectivity index (χ3v) is 9.20. The zero-order valence-electron chi connectivity index (χ0n) is 25.9. The van der Waals surface area contributed by atoms with E-state index in [1.807, 2.05) is 17.0 Å². The predicted octanol–water partition coefficient (Wildman–Crippen LogP) is 7.94. The van der Waals surface area contributed by atoms with Crippen molar-refractivity contribution in [1.29, 1.82) is 0 Å². The second-order valence-corrected chi connectivity index (χ2v) is 14.5. The molecule has 43 heavy (non-hydrogen) atoms. The molecule has 2 aliphatic rings. The summed E-state index contributed by atoms with van der Waals surface area (Å²) in [6.45, 7) is 12.8. The Kier molecular flexibility index (Phi) is 9.97.